The van der Waals surface area contributed by atoms with Crippen molar-refractivity contribution in [1.29, 1.82) is 0 Å². The van der Waals surface area contributed by atoms with Crippen LogP contribution in [0.4, 0.5) is 0 Å². The summed E-state index contributed by atoms with van der Waals surface area (Å²) in [6.07, 6.45) is 1.06. The van der Waals surface area contributed by atoms with Gasteiger partial charge >= 0.3 is 0 Å². The van der Waals surface area contributed by atoms with Crippen molar-refractivity contribution in [2.24, 2.45) is 5.73 Å². The van der Waals surface area contributed by atoms with Gasteiger partial charge in [0.15, 0.2) is 0 Å². The van der Waals surface area contributed by atoms with Gasteiger partial charge in [0.1, 0.15) is 0 Å². The van der Waals surface area contributed by atoms with Crippen molar-refractivity contribution in [3.8, 4) is 11.4 Å². The Hall–Kier alpha value is -1.33. The molecule has 1 aromatic carbocycles. The highest BCUT2D eigenvalue weighted by molar-refractivity contribution is 8.00. The Kier molecular flexibility index (Phi) is 2.64. The van der Waals surface area contributed by atoms with E-state index in [-0.39, 0.29) is 6.54 Å². The third-order valence-electron chi connectivity index (χ3n) is 2.84. The third kappa shape index (κ3) is 1.85. The van der Waals surface area contributed by atoms with Crippen LogP contribution in [0.25, 0.3) is 11.4 Å². The predicted octanol–water partition coefficient (Wildman–Crippen LogP) is 2.23. The highest BCUT2D eigenvalue weighted by atomic mass is 32.2. The molecule has 0 bridgehead atoms. The van der Waals surface area contributed by atoms with Crippen LogP contribution in [0.5, 0.6) is 0 Å². The lowest BCUT2D eigenvalue weighted by Gasteiger charge is -2.02. The Balaban J connectivity index is 2.07. The molecule has 0 amide bonds. The van der Waals surface area contributed by atoms with E-state index in [9.17, 15) is 0 Å². The van der Waals surface area contributed by atoms with Gasteiger partial charge in [-0.1, -0.05) is 24.2 Å². The first-order chi connectivity index (χ1) is 8.28. The predicted molar refractivity (Wildman–Crippen MR) is 66.6 cm³/mol. The van der Waals surface area contributed by atoms with Gasteiger partial charge in [0.25, 0.3) is 0 Å². The zero-order valence-corrected chi connectivity index (χ0v) is 10.3. The van der Waals surface area contributed by atoms with Gasteiger partial charge in [-0.2, -0.15) is 4.98 Å². The van der Waals surface area contributed by atoms with Gasteiger partial charge < -0.3 is 10.3 Å². The van der Waals surface area contributed by atoms with Crippen molar-refractivity contribution < 1.29 is 4.52 Å². The van der Waals surface area contributed by atoms with Crippen LogP contribution in [-0.4, -0.2) is 15.4 Å². The van der Waals surface area contributed by atoms with Crippen molar-refractivity contribution in [1.82, 2.24) is 10.1 Å². The zero-order valence-electron chi connectivity index (χ0n) is 9.51. The summed E-state index contributed by atoms with van der Waals surface area (Å²) in [5.41, 5.74) is 7.88. The summed E-state index contributed by atoms with van der Waals surface area (Å²) in [6.45, 7) is 2.52. The maximum Gasteiger partial charge on any atom is 0.240 e. The minimum Gasteiger partial charge on any atom is -0.338 e. The molecule has 3 rings (SSSR count). The van der Waals surface area contributed by atoms with E-state index in [0.717, 1.165) is 12.0 Å². The average molecular weight is 247 g/mol. The highest BCUT2D eigenvalue weighted by Crippen LogP contribution is 2.40. The minimum absolute atomic E-state index is 0.285. The van der Waals surface area contributed by atoms with Crippen LogP contribution in [-0.2, 0) is 13.0 Å². The fraction of sp³-hybridized carbons (Fsp3) is 0.333. The monoisotopic (exact) mass is 247 g/mol. The van der Waals surface area contributed by atoms with E-state index in [0.29, 0.717) is 17.0 Å². The van der Waals surface area contributed by atoms with E-state index in [1.54, 1.807) is 0 Å². The van der Waals surface area contributed by atoms with E-state index < -0.39 is 0 Å². The molecule has 88 valence electrons. The number of nitrogens with two attached hydrogens (primary N) is 1. The molecule has 2 aromatic rings. The van der Waals surface area contributed by atoms with Gasteiger partial charge in [0.05, 0.1) is 6.54 Å². The average Bonchev–Trinajstić information content (AvgIpc) is 2.92. The molecule has 1 aromatic heterocycles. The molecule has 0 saturated heterocycles. The Morgan fingerprint density at radius 1 is 1.53 bits per heavy atom. The Morgan fingerprint density at radius 2 is 2.41 bits per heavy atom. The van der Waals surface area contributed by atoms with E-state index in [1.807, 2.05) is 23.9 Å². The smallest absolute Gasteiger partial charge is 0.240 e. The SMILES string of the molecule is CC1Cc2c(cccc2-c2noc(CN)n2)S1. The van der Waals surface area contributed by atoms with Gasteiger partial charge in [-0.3, -0.25) is 0 Å². The number of nitrogens with zero attached hydrogens (tertiary/aromatic N) is 2. The molecule has 1 aliphatic rings. The van der Waals surface area contributed by atoms with Gasteiger partial charge in [-0.05, 0) is 18.1 Å². The van der Waals surface area contributed by atoms with Crippen molar-refractivity contribution in [3.05, 3.63) is 29.7 Å². The summed E-state index contributed by atoms with van der Waals surface area (Å²) in [6, 6.07) is 6.23. The molecule has 4 nitrogen and oxygen atoms in total. The standard InChI is InChI=1S/C12H13N3OS/c1-7-5-9-8(3-2-4-10(9)17-7)12-14-11(6-13)16-15-12/h2-4,7H,5-6,13H2,1H3. The van der Waals surface area contributed by atoms with E-state index in [1.165, 1.54) is 10.5 Å². The summed E-state index contributed by atoms with van der Waals surface area (Å²) in [7, 11) is 0. The summed E-state index contributed by atoms with van der Waals surface area (Å²) >= 11 is 1.90. The summed E-state index contributed by atoms with van der Waals surface area (Å²) < 4.78 is 5.06. The number of thioether (sulfide) groups is 1. The lowest BCUT2D eigenvalue weighted by Crippen LogP contribution is -1.97. The first-order valence-corrected chi connectivity index (χ1v) is 6.47. The number of aromatic nitrogens is 2. The Bertz CT molecular complexity index is 552. The molecule has 2 N–H and O–H groups in total. The quantitative estimate of drug-likeness (QED) is 0.881. The van der Waals surface area contributed by atoms with Gasteiger partial charge in [-0.25, -0.2) is 0 Å². The number of benzene rings is 1. The fourth-order valence-corrected chi connectivity index (χ4v) is 3.27. The van der Waals surface area contributed by atoms with Crippen LogP contribution >= 0.6 is 11.8 Å². The van der Waals surface area contributed by atoms with Crippen LogP contribution in [0.2, 0.25) is 0 Å². The van der Waals surface area contributed by atoms with Crippen LogP contribution in [0.1, 0.15) is 18.4 Å². The zero-order chi connectivity index (χ0) is 11.8. The summed E-state index contributed by atoms with van der Waals surface area (Å²) in [5.74, 6) is 1.13. The second-order valence-electron chi connectivity index (χ2n) is 4.13. The molecule has 17 heavy (non-hydrogen) atoms. The van der Waals surface area contributed by atoms with Gasteiger partial charge in [0, 0.05) is 15.7 Å². The molecule has 2 heterocycles. The second kappa shape index (κ2) is 4.16. The fourth-order valence-electron chi connectivity index (χ4n) is 2.09. The van der Waals surface area contributed by atoms with Crippen molar-refractivity contribution in [3.63, 3.8) is 0 Å². The largest absolute Gasteiger partial charge is 0.338 e. The van der Waals surface area contributed by atoms with Crippen LogP contribution in [0.3, 0.4) is 0 Å². The van der Waals surface area contributed by atoms with E-state index in [2.05, 4.69) is 23.1 Å². The van der Waals surface area contributed by atoms with Crippen LogP contribution in [0.15, 0.2) is 27.6 Å². The first kappa shape index (κ1) is 10.8. The number of rotatable bonds is 2. The Morgan fingerprint density at radius 3 is 3.18 bits per heavy atom. The normalized spacial score (nSPS) is 18.4. The van der Waals surface area contributed by atoms with Crippen molar-refractivity contribution in [2.45, 2.75) is 30.0 Å². The number of hydrogen-bond donors (Lipinski definition) is 1. The molecular weight excluding hydrogens is 234 g/mol. The molecule has 0 radical (unpaired) electrons. The molecule has 0 aliphatic carbocycles. The molecule has 1 atom stereocenters. The van der Waals surface area contributed by atoms with Crippen LogP contribution in [0, 0.1) is 0 Å². The maximum absolute atomic E-state index is 5.48. The summed E-state index contributed by atoms with van der Waals surface area (Å²) in [5, 5.41) is 4.60. The molecule has 5 heteroatoms. The van der Waals surface area contributed by atoms with Crippen LogP contribution < -0.4 is 5.73 Å². The Labute approximate surface area is 104 Å². The van der Waals surface area contributed by atoms with Crippen molar-refractivity contribution in [2.75, 3.05) is 0 Å². The van der Waals surface area contributed by atoms with E-state index in [4.69, 9.17) is 10.3 Å². The molecule has 0 fully saturated rings. The van der Waals surface area contributed by atoms with E-state index >= 15 is 0 Å². The number of hydrogen-bond acceptors (Lipinski definition) is 5. The van der Waals surface area contributed by atoms with Crippen molar-refractivity contribution >= 4 is 11.8 Å². The lowest BCUT2D eigenvalue weighted by molar-refractivity contribution is 0.380. The maximum atomic E-state index is 5.48. The molecule has 1 aliphatic heterocycles. The molecule has 1 unspecified atom stereocenters. The number of fused-ring (bicyclic) bond motifs is 1. The second-order valence-corrected chi connectivity index (χ2v) is 5.61. The molecule has 0 saturated carbocycles. The third-order valence-corrected chi connectivity index (χ3v) is 4.04. The lowest BCUT2D eigenvalue weighted by atomic mass is 10.0. The minimum atomic E-state index is 0.285. The topological polar surface area (TPSA) is 64.9 Å². The first-order valence-electron chi connectivity index (χ1n) is 5.59. The van der Waals surface area contributed by atoms with Gasteiger partial charge in [0.2, 0.25) is 11.7 Å². The highest BCUT2D eigenvalue weighted by Gasteiger charge is 2.23. The molecular formula is C12H13N3OS. The summed E-state index contributed by atoms with van der Waals surface area (Å²) in [4.78, 5) is 5.62. The molecule has 0 spiro atoms. The van der Waals surface area contributed by atoms with Gasteiger partial charge in [-0.15, -0.1) is 11.8 Å².